The molecule has 5 nitrogen and oxygen atoms in total. The van der Waals surface area contributed by atoms with Gasteiger partial charge in [-0.15, -0.1) is 0 Å². The van der Waals surface area contributed by atoms with Gasteiger partial charge in [0.05, 0.1) is 33.6 Å². The average Bonchev–Trinajstić information content (AvgIpc) is 3.16. The van der Waals surface area contributed by atoms with Crippen molar-refractivity contribution in [2.45, 2.75) is 6.42 Å². The molecule has 0 unspecified atom stereocenters. The second-order valence-corrected chi connectivity index (χ2v) is 6.62. The highest BCUT2D eigenvalue weighted by Gasteiger charge is 2.09. The summed E-state index contributed by atoms with van der Waals surface area (Å²) in [4.78, 5) is 4.71. The lowest BCUT2D eigenvalue weighted by atomic mass is 10.1. The topological polar surface area (TPSA) is 57.2 Å². The van der Waals surface area contributed by atoms with Crippen molar-refractivity contribution >= 4 is 16.5 Å². The minimum absolute atomic E-state index is 0.754. The van der Waals surface area contributed by atoms with Crippen LogP contribution < -0.4 is 19.5 Å². The van der Waals surface area contributed by atoms with Gasteiger partial charge in [-0.2, -0.15) is 4.98 Å². The first-order chi connectivity index (χ1) is 12.7. The molecule has 1 heterocycles. The number of quaternary nitrogens is 1. The zero-order chi connectivity index (χ0) is 18.4. The highest BCUT2D eigenvalue weighted by atomic mass is 32.1. The smallest absolute Gasteiger partial charge is 0.283 e. The van der Waals surface area contributed by atoms with Crippen molar-refractivity contribution in [1.82, 2.24) is 4.98 Å². The van der Waals surface area contributed by atoms with Crippen LogP contribution in [0.1, 0.15) is 5.56 Å². The van der Waals surface area contributed by atoms with Gasteiger partial charge in [0.2, 0.25) is 0 Å². The minimum atomic E-state index is 0.754. The molecule has 0 aliphatic carbocycles. The molecule has 6 heteroatoms. The minimum Gasteiger partial charge on any atom is -0.497 e. The van der Waals surface area contributed by atoms with Gasteiger partial charge in [-0.05, 0) is 42.0 Å². The zero-order valence-corrected chi connectivity index (χ0v) is 16.0. The normalized spacial score (nSPS) is 10.6. The van der Waals surface area contributed by atoms with Gasteiger partial charge >= 0.3 is 0 Å². The van der Waals surface area contributed by atoms with E-state index in [1.54, 1.807) is 32.7 Å². The Bertz CT molecular complexity index is 847. The van der Waals surface area contributed by atoms with Crippen LogP contribution in [0.3, 0.4) is 0 Å². The number of hydrogen-bond donors (Lipinski definition) is 1. The van der Waals surface area contributed by atoms with Crippen LogP contribution in [0.25, 0.3) is 11.3 Å². The third-order valence-electron chi connectivity index (χ3n) is 4.11. The Kier molecular flexibility index (Phi) is 6.09. The fourth-order valence-electron chi connectivity index (χ4n) is 2.67. The third kappa shape index (κ3) is 4.33. The Morgan fingerprint density at radius 3 is 2.38 bits per heavy atom. The molecule has 3 aromatic rings. The predicted molar refractivity (Wildman–Crippen MR) is 104 cm³/mol. The fourth-order valence-corrected chi connectivity index (χ4v) is 3.46. The molecule has 3 rings (SSSR count). The molecule has 2 N–H and O–H groups in total. The molecular weight excluding hydrogens is 348 g/mol. The lowest BCUT2D eigenvalue weighted by Crippen LogP contribution is -2.78. The summed E-state index contributed by atoms with van der Waals surface area (Å²) in [5, 5.41) is 5.30. The third-order valence-corrected chi connectivity index (χ3v) is 4.95. The predicted octanol–water partition coefficient (Wildman–Crippen LogP) is 3.27. The number of rotatable bonds is 8. The molecule has 0 radical (unpaired) electrons. The summed E-state index contributed by atoms with van der Waals surface area (Å²) in [7, 11) is 4.97. The van der Waals surface area contributed by atoms with Crippen LogP contribution >= 0.6 is 11.3 Å². The van der Waals surface area contributed by atoms with E-state index in [0.717, 1.165) is 46.6 Å². The van der Waals surface area contributed by atoms with E-state index >= 15 is 0 Å². The van der Waals surface area contributed by atoms with Gasteiger partial charge in [-0.1, -0.05) is 17.4 Å². The molecule has 0 aliphatic heterocycles. The Hall–Kier alpha value is -2.57. The van der Waals surface area contributed by atoms with E-state index in [0.29, 0.717) is 0 Å². The van der Waals surface area contributed by atoms with Crippen molar-refractivity contribution in [3.63, 3.8) is 0 Å². The molecule has 0 saturated heterocycles. The maximum absolute atomic E-state index is 5.36. The van der Waals surface area contributed by atoms with Crippen molar-refractivity contribution in [3.8, 4) is 28.5 Å². The van der Waals surface area contributed by atoms with Crippen molar-refractivity contribution in [3.05, 3.63) is 53.4 Å². The molecule has 26 heavy (non-hydrogen) atoms. The largest absolute Gasteiger partial charge is 0.497 e. The van der Waals surface area contributed by atoms with E-state index in [1.807, 2.05) is 36.4 Å². The summed E-state index contributed by atoms with van der Waals surface area (Å²) in [6.07, 6.45) is 0.928. The average molecular weight is 371 g/mol. The Morgan fingerprint density at radius 2 is 1.69 bits per heavy atom. The molecule has 0 fully saturated rings. The Balaban J connectivity index is 1.58. The molecule has 136 valence electrons. The number of methoxy groups -OCH3 is 3. The quantitative estimate of drug-likeness (QED) is 0.660. The van der Waals surface area contributed by atoms with E-state index in [4.69, 9.17) is 19.2 Å². The van der Waals surface area contributed by atoms with Crippen LogP contribution in [0.5, 0.6) is 17.2 Å². The maximum atomic E-state index is 5.36. The molecule has 1 aromatic heterocycles. The van der Waals surface area contributed by atoms with E-state index in [1.165, 1.54) is 5.56 Å². The van der Waals surface area contributed by atoms with Gasteiger partial charge in [-0.3, -0.25) is 5.32 Å². The van der Waals surface area contributed by atoms with Crippen LogP contribution in [0, 0.1) is 0 Å². The van der Waals surface area contributed by atoms with Crippen LogP contribution in [0.2, 0.25) is 0 Å². The van der Waals surface area contributed by atoms with Crippen molar-refractivity contribution in [1.29, 1.82) is 0 Å². The molecule has 0 amide bonds. The number of nitrogens with zero attached hydrogens (tertiary/aromatic N) is 1. The lowest BCUT2D eigenvalue weighted by molar-refractivity contribution is -0.570. The summed E-state index contributed by atoms with van der Waals surface area (Å²) >= 11 is 1.66. The van der Waals surface area contributed by atoms with E-state index in [2.05, 4.69) is 16.8 Å². The van der Waals surface area contributed by atoms with Gasteiger partial charge in [0.25, 0.3) is 5.13 Å². The highest BCUT2D eigenvalue weighted by Crippen LogP contribution is 2.27. The number of hydrogen-bond acceptors (Lipinski definition) is 5. The van der Waals surface area contributed by atoms with Gasteiger partial charge in [0.1, 0.15) is 5.75 Å². The molecule has 0 saturated carbocycles. The number of nitrogens with two attached hydrogens (primary N) is 1. The van der Waals surface area contributed by atoms with Crippen molar-refractivity contribution in [2.24, 2.45) is 0 Å². The van der Waals surface area contributed by atoms with E-state index in [-0.39, 0.29) is 0 Å². The Labute approximate surface area is 157 Å². The summed E-state index contributed by atoms with van der Waals surface area (Å²) in [5.41, 5.74) is 3.31. The maximum Gasteiger partial charge on any atom is 0.283 e. The molecule has 0 aliphatic rings. The molecule has 2 aromatic carbocycles. The highest BCUT2D eigenvalue weighted by molar-refractivity contribution is 7.13. The van der Waals surface area contributed by atoms with E-state index < -0.39 is 0 Å². The number of aromatic nitrogens is 1. The fraction of sp³-hybridized carbons (Fsp3) is 0.250. The van der Waals surface area contributed by atoms with Crippen molar-refractivity contribution in [2.75, 3.05) is 27.9 Å². The zero-order valence-electron chi connectivity index (χ0n) is 15.2. The monoisotopic (exact) mass is 371 g/mol. The summed E-state index contributed by atoms with van der Waals surface area (Å²) in [6.45, 7) is 0.922. The first kappa shape index (κ1) is 18.2. The van der Waals surface area contributed by atoms with Crippen molar-refractivity contribution < 1.29 is 19.5 Å². The lowest BCUT2D eigenvalue weighted by Gasteiger charge is -2.08. The summed E-state index contributed by atoms with van der Waals surface area (Å²) < 4.78 is 15.8. The van der Waals surface area contributed by atoms with Crippen LogP contribution in [-0.2, 0) is 6.42 Å². The summed E-state index contributed by atoms with van der Waals surface area (Å²) in [5.74, 6) is 2.37. The van der Waals surface area contributed by atoms with Gasteiger partial charge in [0, 0.05) is 17.4 Å². The summed E-state index contributed by atoms with van der Waals surface area (Å²) in [6, 6.07) is 14.0. The van der Waals surface area contributed by atoms with Crippen LogP contribution in [0.15, 0.2) is 47.8 Å². The second kappa shape index (κ2) is 8.69. The molecular formula is C20H23N2O3S+. The molecule has 0 atom stereocenters. The Morgan fingerprint density at radius 1 is 0.923 bits per heavy atom. The van der Waals surface area contributed by atoms with Crippen LogP contribution in [-0.4, -0.2) is 32.9 Å². The number of ether oxygens (including phenoxy) is 3. The number of benzene rings is 2. The SMILES string of the molecule is COc1ccc(-c2csc([NH2+]CCc3ccc(OC)c(OC)c3)n2)cc1. The van der Waals surface area contributed by atoms with Crippen LogP contribution in [0.4, 0.5) is 5.13 Å². The first-order valence-corrected chi connectivity index (χ1v) is 9.25. The van der Waals surface area contributed by atoms with Gasteiger partial charge in [0.15, 0.2) is 11.5 Å². The molecule has 0 bridgehead atoms. The second-order valence-electron chi connectivity index (χ2n) is 5.73. The van der Waals surface area contributed by atoms with E-state index in [9.17, 15) is 0 Å². The molecule has 0 spiro atoms. The number of thiazole rings is 1. The van der Waals surface area contributed by atoms with Gasteiger partial charge < -0.3 is 14.2 Å². The standard InChI is InChI=1S/C20H22N2O3S/c1-23-16-7-5-15(6-8-16)17-13-26-20(22-17)21-11-10-14-4-9-18(24-2)19(12-14)25-3/h4-9,12-13H,10-11H2,1-3H3,(H,21,22)/p+1. The van der Waals surface area contributed by atoms with Gasteiger partial charge in [-0.25, -0.2) is 0 Å². The first-order valence-electron chi connectivity index (χ1n) is 8.37.